The van der Waals surface area contributed by atoms with Crippen LogP contribution in [0.5, 0.6) is 5.75 Å². The molecule has 1 aromatic carbocycles. The van der Waals surface area contributed by atoms with Crippen molar-refractivity contribution < 1.29 is 23.0 Å². The van der Waals surface area contributed by atoms with Gasteiger partial charge in [0.15, 0.2) is 0 Å². The number of aliphatic hydroxyl groups excluding tert-OH is 1. The maximum absolute atomic E-state index is 12.5. The van der Waals surface area contributed by atoms with Gasteiger partial charge in [0.2, 0.25) is 0 Å². The first-order chi connectivity index (χ1) is 11.3. The molecular weight excluding hydrogens is 323 g/mol. The number of halogens is 3. The number of ether oxygens (including phenoxy) is 1. The highest BCUT2D eigenvalue weighted by molar-refractivity contribution is 5.28. The summed E-state index contributed by atoms with van der Waals surface area (Å²) < 4.78 is 44.6. The molecule has 0 saturated heterocycles. The van der Waals surface area contributed by atoms with Crippen LogP contribution < -0.4 is 4.74 Å². The van der Waals surface area contributed by atoms with Crippen molar-refractivity contribution in [3.05, 3.63) is 48.0 Å². The molecule has 24 heavy (non-hydrogen) atoms. The molecule has 0 fully saturated rings. The van der Waals surface area contributed by atoms with E-state index in [0.29, 0.717) is 13.1 Å². The number of aryl methyl sites for hydroxylation is 1. The van der Waals surface area contributed by atoms with E-state index in [1.807, 2.05) is 29.8 Å². The molecule has 1 N–H and O–H groups in total. The number of aromatic nitrogens is 2. The summed E-state index contributed by atoms with van der Waals surface area (Å²) in [7, 11) is 3.73. The molecule has 0 aliphatic heterocycles. The highest BCUT2D eigenvalue weighted by Gasteiger charge is 2.30. The summed E-state index contributed by atoms with van der Waals surface area (Å²) in [5.41, 5.74) is -0.731. The number of rotatable bonds is 7. The monoisotopic (exact) mass is 343 g/mol. The third kappa shape index (κ3) is 5.24. The summed E-state index contributed by atoms with van der Waals surface area (Å²) in [6.45, 7) is 0.921. The Balaban J connectivity index is 1.78. The summed E-state index contributed by atoms with van der Waals surface area (Å²) >= 11 is 0. The van der Waals surface area contributed by atoms with Gasteiger partial charge in [-0.15, -0.1) is 0 Å². The second kappa shape index (κ2) is 7.67. The maximum atomic E-state index is 12.5. The molecule has 1 heterocycles. The van der Waals surface area contributed by atoms with E-state index in [-0.39, 0.29) is 12.4 Å². The normalized spacial score (nSPS) is 13.3. The van der Waals surface area contributed by atoms with Crippen molar-refractivity contribution >= 4 is 0 Å². The predicted molar refractivity (Wildman–Crippen MR) is 82.5 cm³/mol. The summed E-state index contributed by atoms with van der Waals surface area (Å²) in [5, 5.41) is 9.99. The lowest BCUT2D eigenvalue weighted by atomic mass is 10.2. The first-order valence-electron chi connectivity index (χ1n) is 7.38. The van der Waals surface area contributed by atoms with Crippen molar-refractivity contribution in [2.45, 2.75) is 18.8 Å². The molecule has 0 aliphatic rings. The topological polar surface area (TPSA) is 50.5 Å². The van der Waals surface area contributed by atoms with Gasteiger partial charge in [0.1, 0.15) is 24.3 Å². The van der Waals surface area contributed by atoms with Crippen LogP contribution in [0.15, 0.2) is 36.7 Å². The summed E-state index contributed by atoms with van der Waals surface area (Å²) in [6, 6.07) is 4.39. The number of alkyl halides is 3. The van der Waals surface area contributed by atoms with E-state index in [2.05, 4.69) is 4.98 Å². The van der Waals surface area contributed by atoms with Gasteiger partial charge in [-0.3, -0.25) is 4.90 Å². The minimum Gasteiger partial charge on any atom is -0.491 e. The van der Waals surface area contributed by atoms with Crippen LogP contribution in [0.3, 0.4) is 0 Å². The Labute approximate surface area is 138 Å². The van der Waals surface area contributed by atoms with Crippen LogP contribution in [-0.2, 0) is 19.8 Å². The van der Waals surface area contributed by atoms with E-state index < -0.39 is 17.8 Å². The summed E-state index contributed by atoms with van der Waals surface area (Å²) in [5.74, 6) is 1.15. The summed E-state index contributed by atoms with van der Waals surface area (Å²) in [4.78, 5) is 6.09. The Morgan fingerprint density at radius 1 is 1.29 bits per heavy atom. The number of nitrogens with zero attached hydrogens (tertiary/aromatic N) is 3. The molecule has 0 aliphatic carbocycles. The van der Waals surface area contributed by atoms with Gasteiger partial charge < -0.3 is 14.4 Å². The second-order valence-corrected chi connectivity index (χ2v) is 5.64. The Morgan fingerprint density at radius 3 is 2.50 bits per heavy atom. The van der Waals surface area contributed by atoms with E-state index in [1.165, 1.54) is 12.1 Å². The predicted octanol–water partition coefficient (Wildman–Crippen LogP) is 2.31. The highest BCUT2D eigenvalue weighted by Crippen LogP contribution is 2.30. The van der Waals surface area contributed by atoms with Gasteiger partial charge in [0.05, 0.1) is 12.1 Å². The molecule has 0 bridgehead atoms. The molecule has 0 radical (unpaired) electrons. The zero-order chi connectivity index (χ0) is 17.7. The van der Waals surface area contributed by atoms with Crippen LogP contribution in [0.4, 0.5) is 13.2 Å². The average Bonchev–Trinajstić information content (AvgIpc) is 2.90. The molecule has 0 amide bonds. The molecule has 0 saturated carbocycles. The van der Waals surface area contributed by atoms with Gasteiger partial charge in [-0.1, -0.05) is 0 Å². The lowest BCUT2D eigenvalue weighted by molar-refractivity contribution is -0.137. The Bertz CT molecular complexity index is 641. The van der Waals surface area contributed by atoms with E-state index in [4.69, 9.17) is 4.74 Å². The lowest BCUT2D eigenvalue weighted by Crippen LogP contribution is -2.33. The highest BCUT2D eigenvalue weighted by atomic mass is 19.4. The van der Waals surface area contributed by atoms with E-state index in [0.717, 1.165) is 18.0 Å². The molecule has 0 spiro atoms. The van der Waals surface area contributed by atoms with Crippen molar-refractivity contribution in [1.29, 1.82) is 0 Å². The number of hydrogen-bond acceptors (Lipinski definition) is 4. The molecule has 8 heteroatoms. The third-order valence-corrected chi connectivity index (χ3v) is 3.48. The number of hydrogen-bond donors (Lipinski definition) is 1. The van der Waals surface area contributed by atoms with Gasteiger partial charge in [0.25, 0.3) is 0 Å². The second-order valence-electron chi connectivity index (χ2n) is 5.64. The molecule has 132 valence electrons. The smallest absolute Gasteiger partial charge is 0.416 e. The molecule has 5 nitrogen and oxygen atoms in total. The van der Waals surface area contributed by atoms with Gasteiger partial charge in [-0.25, -0.2) is 4.98 Å². The van der Waals surface area contributed by atoms with E-state index in [9.17, 15) is 18.3 Å². The van der Waals surface area contributed by atoms with Crippen LogP contribution in [0.25, 0.3) is 0 Å². The van der Waals surface area contributed by atoms with Crippen molar-refractivity contribution in [2.75, 3.05) is 20.2 Å². The fraction of sp³-hybridized carbons (Fsp3) is 0.438. The van der Waals surface area contributed by atoms with Crippen LogP contribution >= 0.6 is 0 Å². The van der Waals surface area contributed by atoms with E-state index >= 15 is 0 Å². The van der Waals surface area contributed by atoms with Gasteiger partial charge in [-0.05, 0) is 31.3 Å². The molecular formula is C16H20F3N3O2. The minimum absolute atomic E-state index is 0.00370. The van der Waals surface area contributed by atoms with Crippen molar-refractivity contribution in [2.24, 2.45) is 7.05 Å². The summed E-state index contributed by atoms with van der Waals surface area (Å²) in [6.07, 6.45) is -1.59. The molecule has 1 aromatic heterocycles. The largest absolute Gasteiger partial charge is 0.491 e. The molecule has 0 unspecified atom stereocenters. The number of benzene rings is 1. The molecule has 1 atom stereocenters. The number of likely N-dealkylation sites (N-methyl/N-ethyl adjacent to an activating group) is 1. The van der Waals surface area contributed by atoms with Crippen molar-refractivity contribution in [1.82, 2.24) is 14.5 Å². The van der Waals surface area contributed by atoms with Crippen LogP contribution in [-0.4, -0.2) is 45.9 Å². The van der Waals surface area contributed by atoms with Gasteiger partial charge in [-0.2, -0.15) is 13.2 Å². The van der Waals surface area contributed by atoms with Gasteiger partial charge >= 0.3 is 6.18 Å². The minimum atomic E-state index is -4.37. The molecule has 2 rings (SSSR count). The van der Waals surface area contributed by atoms with Crippen molar-refractivity contribution in [3.63, 3.8) is 0 Å². The van der Waals surface area contributed by atoms with E-state index in [1.54, 1.807) is 6.20 Å². The zero-order valence-electron chi connectivity index (χ0n) is 13.5. The van der Waals surface area contributed by atoms with Gasteiger partial charge in [0, 0.05) is 26.0 Å². The standard InChI is InChI=1S/C16H20F3N3O2/c1-21(10-15-20-7-8-22(15)2)9-13(23)11-24-14-5-3-12(4-6-14)16(17,18)19/h3-8,13,23H,9-11H2,1-2H3/t13-/m1/s1. The number of imidazole rings is 1. The SMILES string of the molecule is CN(Cc1nccn1C)C[C@@H](O)COc1ccc(C(F)(F)F)cc1. The molecule has 2 aromatic rings. The van der Waals surface area contributed by atoms with Crippen molar-refractivity contribution in [3.8, 4) is 5.75 Å². The first-order valence-corrected chi connectivity index (χ1v) is 7.38. The fourth-order valence-corrected chi connectivity index (χ4v) is 2.20. The maximum Gasteiger partial charge on any atom is 0.416 e. The third-order valence-electron chi connectivity index (χ3n) is 3.48. The van der Waals surface area contributed by atoms with Crippen LogP contribution in [0.1, 0.15) is 11.4 Å². The zero-order valence-corrected chi connectivity index (χ0v) is 13.5. The van der Waals surface area contributed by atoms with Crippen LogP contribution in [0, 0.1) is 0 Å². The van der Waals surface area contributed by atoms with Crippen LogP contribution in [0.2, 0.25) is 0 Å². The lowest BCUT2D eigenvalue weighted by Gasteiger charge is -2.20. The quantitative estimate of drug-likeness (QED) is 0.838. The first kappa shape index (κ1) is 18.3. The average molecular weight is 343 g/mol. The number of aliphatic hydroxyl groups is 1. The fourth-order valence-electron chi connectivity index (χ4n) is 2.20. The Kier molecular flexibility index (Phi) is 5.84. The Hall–Kier alpha value is -2.06. The Morgan fingerprint density at radius 2 is 1.96 bits per heavy atom.